The fourth-order valence-corrected chi connectivity index (χ4v) is 2.99. The third-order valence-corrected chi connectivity index (χ3v) is 4.28. The quantitative estimate of drug-likeness (QED) is 0.779. The standard InChI is InChI=1S/C16H24N2O3/c1-12-16(13(2)21-17-12)11-20-15-5-6-18(9-15)8-14-4-3-7-19-10-14/h4,15H,3,5-11H2,1-2H3. The molecule has 0 aromatic carbocycles. The van der Waals surface area contributed by atoms with Gasteiger partial charge in [0.15, 0.2) is 0 Å². The zero-order valence-electron chi connectivity index (χ0n) is 12.9. The number of rotatable bonds is 5. The lowest BCUT2D eigenvalue weighted by Crippen LogP contribution is -2.27. The van der Waals surface area contributed by atoms with Gasteiger partial charge in [0.1, 0.15) is 5.76 Å². The molecular formula is C16H24N2O3. The van der Waals surface area contributed by atoms with Gasteiger partial charge in [0.2, 0.25) is 0 Å². The van der Waals surface area contributed by atoms with Crippen molar-refractivity contribution in [3.05, 3.63) is 28.7 Å². The van der Waals surface area contributed by atoms with Crippen LogP contribution in [-0.4, -0.2) is 49.0 Å². The minimum atomic E-state index is 0.309. The van der Waals surface area contributed by atoms with Crippen molar-refractivity contribution in [2.24, 2.45) is 0 Å². The molecule has 1 unspecified atom stereocenters. The van der Waals surface area contributed by atoms with Gasteiger partial charge in [-0.3, -0.25) is 4.90 Å². The van der Waals surface area contributed by atoms with E-state index in [4.69, 9.17) is 14.0 Å². The van der Waals surface area contributed by atoms with Gasteiger partial charge in [-0.05, 0) is 32.3 Å². The Labute approximate surface area is 125 Å². The van der Waals surface area contributed by atoms with Gasteiger partial charge in [0.05, 0.1) is 31.6 Å². The minimum absolute atomic E-state index is 0.309. The number of ether oxygens (including phenoxy) is 2. The van der Waals surface area contributed by atoms with Gasteiger partial charge in [-0.25, -0.2) is 0 Å². The Kier molecular flexibility index (Phi) is 4.73. The van der Waals surface area contributed by atoms with Crippen LogP contribution in [0.2, 0.25) is 0 Å². The van der Waals surface area contributed by atoms with Crippen LogP contribution in [0.15, 0.2) is 16.2 Å². The topological polar surface area (TPSA) is 47.7 Å². The second-order valence-electron chi connectivity index (χ2n) is 5.96. The van der Waals surface area contributed by atoms with Gasteiger partial charge in [-0.1, -0.05) is 11.2 Å². The summed E-state index contributed by atoms with van der Waals surface area (Å²) in [5.41, 5.74) is 3.44. The van der Waals surface area contributed by atoms with Crippen molar-refractivity contribution in [1.29, 1.82) is 0 Å². The molecule has 3 heterocycles. The molecule has 1 atom stereocenters. The normalized spacial score (nSPS) is 23.5. The maximum atomic E-state index is 6.04. The highest BCUT2D eigenvalue weighted by molar-refractivity contribution is 5.19. The summed E-state index contributed by atoms with van der Waals surface area (Å²) >= 11 is 0. The monoisotopic (exact) mass is 292 g/mol. The van der Waals surface area contributed by atoms with E-state index in [9.17, 15) is 0 Å². The Balaban J connectivity index is 1.45. The fraction of sp³-hybridized carbons (Fsp3) is 0.688. The smallest absolute Gasteiger partial charge is 0.139 e. The highest BCUT2D eigenvalue weighted by Crippen LogP contribution is 2.19. The molecule has 21 heavy (non-hydrogen) atoms. The molecule has 1 aromatic heterocycles. The first-order valence-corrected chi connectivity index (χ1v) is 7.73. The van der Waals surface area contributed by atoms with Gasteiger partial charge >= 0.3 is 0 Å². The summed E-state index contributed by atoms with van der Waals surface area (Å²) in [6.07, 6.45) is 4.78. The number of hydrogen-bond acceptors (Lipinski definition) is 5. The SMILES string of the molecule is Cc1noc(C)c1COC1CCN(CC2=CCCOC2)C1. The van der Waals surface area contributed by atoms with Crippen molar-refractivity contribution in [2.45, 2.75) is 39.4 Å². The summed E-state index contributed by atoms with van der Waals surface area (Å²) in [7, 11) is 0. The predicted molar refractivity (Wildman–Crippen MR) is 79.1 cm³/mol. The Morgan fingerprint density at radius 1 is 1.43 bits per heavy atom. The summed E-state index contributed by atoms with van der Waals surface area (Å²) in [5.74, 6) is 0.867. The molecule has 0 N–H and O–H groups in total. The molecule has 0 amide bonds. The molecule has 1 aromatic rings. The number of hydrogen-bond donors (Lipinski definition) is 0. The van der Waals surface area contributed by atoms with Crippen molar-refractivity contribution in [1.82, 2.24) is 10.1 Å². The van der Waals surface area contributed by atoms with E-state index in [0.29, 0.717) is 12.7 Å². The maximum Gasteiger partial charge on any atom is 0.139 e. The molecule has 2 aliphatic rings. The van der Waals surface area contributed by atoms with E-state index in [-0.39, 0.29) is 0 Å². The molecular weight excluding hydrogens is 268 g/mol. The van der Waals surface area contributed by atoms with Crippen LogP contribution in [0, 0.1) is 13.8 Å². The third kappa shape index (κ3) is 3.73. The summed E-state index contributed by atoms with van der Waals surface area (Å²) in [6, 6.07) is 0. The molecule has 0 aliphatic carbocycles. The van der Waals surface area contributed by atoms with Crippen molar-refractivity contribution in [3.8, 4) is 0 Å². The van der Waals surface area contributed by atoms with Crippen molar-refractivity contribution < 1.29 is 14.0 Å². The molecule has 3 rings (SSSR count). The first kappa shape index (κ1) is 14.8. The molecule has 5 nitrogen and oxygen atoms in total. The van der Waals surface area contributed by atoms with Crippen LogP contribution in [0.25, 0.3) is 0 Å². The zero-order valence-corrected chi connectivity index (χ0v) is 12.9. The predicted octanol–water partition coefficient (Wildman–Crippen LogP) is 2.23. The van der Waals surface area contributed by atoms with E-state index >= 15 is 0 Å². The lowest BCUT2D eigenvalue weighted by molar-refractivity contribution is 0.0460. The van der Waals surface area contributed by atoms with Gasteiger partial charge in [0, 0.05) is 25.2 Å². The van der Waals surface area contributed by atoms with E-state index in [1.807, 2.05) is 13.8 Å². The maximum absolute atomic E-state index is 6.04. The minimum Gasteiger partial charge on any atom is -0.377 e. The Morgan fingerprint density at radius 3 is 3.05 bits per heavy atom. The van der Waals surface area contributed by atoms with Crippen molar-refractivity contribution in [2.75, 3.05) is 32.8 Å². The van der Waals surface area contributed by atoms with E-state index in [1.54, 1.807) is 0 Å². The van der Waals surface area contributed by atoms with Crippen LogP contribution in [0.4, 0.5) is 0 Å². The van der Waals surface area contributed by atoms with Gasteiger partial charge in [0.25, 0.3) is 0 Å². The van der Waals surface area contributed by atoms with Crippen LogP contribution < -0.4 is 0 Å². The van der Waals surface area contributed by atoms with E-state index in [1.165, 1.54) is 5.57 Å². The average Bonchev–Trinajstić information content (AvgIpc) is 3.06. The first-order valence-electron chi connectivity index (χ1n) is 7.73. The lowest BCUT2D eigenvalue weighted by Gasteiger charge is -2.20. The molecule has 0 bridgehead atoms. The number of aromatic nitrogens is 1. The number of nitrogens with zero attached hydrogens (tertiary/aromatic N) is 2. The van der Waals surface area contributed by atoms with Gasteiger partial charge < -0.3 is 14.0 Å². The van der Waals surface area contributed by atoms with Crippen molar-refractivity contribution >= 4 is 0 Å². The van der Waals surface area contributed by atoms with E-state index in [2.05, 4.69) is 16.1 Å². The third-order valence-electron chi connectivity index (χ3n) is 4.28. The first-order chi connectivity index (χ1) is 10.2. The molecule has 1 fully saturated rings. The highest BCUT2D eigenvalue weighted by atomic mass is 16.5. The number of aryl methyl sites for hydroxylation is 2. The van der Waals surface area contributed by atoms with Crippen LogP contribution in [-0.2, 0) is 16.1 Å². The average molecular weight is 292 g/mol. The van der Waals surface area contributed by atoms with Gasteiger partial charge in [-0.2, -0.15) is 0 Å². The summed E-state index contributed by atoms with van der Waals surface area (Å²) in [4.78, 5) is 2.46. The largest absolute Gasteiger partial charge is 0.377 e. The van der Waals surface area contributed by atoms with Gasteiger partial charge in [-0.15, -0.1) is 0 Å². The number of likely N-dealkylation sites (tertiary alicyclic amines) is 1. The second kappa shape index (κ2) is 6.73. The van der Waals surface area contributed by atoms with E-state index in [0.717, 1.165) is 62.7 Å². The fourth-order valence-electron chi connectivity index (χ4n) is 2.99. The Morgan fingerprint density at radius 2 is 2.33 bits per heavy atom. The summed E-state index contributed by atoms with van der Waals surface area (Å²) < 4.78 is 16.7. The second-order valence-corrected chi connectivity index (χ2v) is 5.96. The molecule has 1 saturated heterocycles. The lowest BCUT2D eigenvalue weighted by atomic mass is 10.2. The molecule has 0 radical (unpaired) electrons. The summed E-state index contributed by atoms with van der Waals surface area (Å²) in [6.45, 7) is 9.29. The summed E-state index contributed by atoms with van der Waals surface area (Å²) in [5, 5.41) is 3.97. The molecule has 2 aliphatic heterocycles. The molecule has 116 valence electrons. The van der Waals surface area contributed by atoms with E-state index < -0.39 is 0 Å². The van der Waals surface area contributed by atoms with Crippen LogP contribution >= 0.6 is 0 Å². The molecule has 5 heteroatoms. The van der Waals surface area contributed by atoms with Crippen molar-refractivity contribution in [3.63, 3.8) is 0 Å². The molecule has 0 spiro atoms. The Hall–Kier alpha value is -1.17. The highest BCUT2D eigenvalue weighted by Gasteiger charge is 2.24. The molecule has 0 saturated carbocycles. The zero-order chi connectivity index (χ0) is 14.7. The van der Waals surface area contributed by atoms with Crippen LogP contribution in [0.3, 0.4) is 0 Å². The Bertz CT molecular complexity index is 490. The van der Waals surface area contributed by atoms with Crippen LogP contribution in [0.1, 0.15) is 29.9 Å². The van der Waals surface area contributed by atoms with Crippen LogP contribution in [0.5, 0.6) is 0 Å².